The highest BCUT2D eigenvalue weighted by Crippen LogP contribution is 2.24. The van der Waals surface area contributed by atoms with E-state index in [1.54, 1.807) is 23.4 Å². The molecule has 1 amide bonds. The van der Waals surface area contributed by atoms with Crippen LogP contribution >= 0.6 is 11.6 Å². The minimum absolute atomic E-state index is 0.122. The van der Waals surface area contributed by atoms with Gasteiger partial charge in [0, 0.05) is 12.8 Å². The van der Waals surface area contributed by atoms with Crippen molar-refractivity contribution in [3.63, 3.8) is 0 Å². The molecule has 8 heteroatoms. The summed E-state index contributed by atoms with van der Waals surface area (Å²) in [7, 11) is 1.32. The maximum atomic E-state index is 12.6. The van der Waals surface area contributed by atoms with E-state index < -0.39 is 12.0 Å². The number of halogens is 1. The lowest BCUT2D eigenvalue weighted by atomic mass is 10.0. The fourth-order valence-corrected chi connectivity index (χ4v) is 3.15. The van der Waals surface area contributed by atoms with E-state index in [4.69, 9.17) is 21.1 Å². The first-order chi connectivity index (χ1) is 12.6. The molecule has 0 radical (unpaired) electrons. The molecule has 0 saturated heterocycles. The molecule has 138 valence electrons. The third-order valence-corrected chi connectivity index (χ3v) is 4.63. The molecular weight excluding hydrogens is 358 g/mol. The van der Waals surface area contributed by atoms with Crippen molar-refractivity contribution in [3.8, 4) is 5.75 Å². The van der Waals surface area contributed by atoms with Crippen molar-refractivity contribution < 1.29 is 19.1 Å². The summed E-state index contributed by atoms with van der Waals surface area (Å²) in [5.74, 6) is 0.0388. The molecule has 26 heavy (non-hydrogen) atoms. The second kappa shape index (κ2) is 8.23. The van der Waals surface area contributed by atoms with Crippen LogP contribution in [0.25, 0.3) is 0 Å². The van der Waals surface area contributed by atoms with Gasteiger partial charge >= 0.3 is 5.97 Å². The molecule has 1 aromatic carbocycles. The Morgan fingerprint density at radius 1 is 1.38 bits per heavy atom. The molecular formula is C18H20ClN3O4. The van der Waals surface area contributed by atoms with Crippen LogP contribution in [0.3, 0.4) is 0 Å². The standard InChI is InChI=1S/C18H20ClN3O4/c1-25-18(24)15-9-13-14(21-11-20-13)10-22(15)17(23)7-4-8-26-16-6-3-2-5-12(16)19/h2-3,5-6,11,15H,4,7-10H2,1H3,(H,20,21). The number of rotatable bonds is 6. The zero-order valence-corrected chi connectivity index (χ0v) is 15.2. The number of H-pyrrole nitrogens is 1. The number of para-hydroxylation sites is 1. The molecule has 2 heterocycles. The van der Waals surface area contributed by atoms with Crippen LogP contribution in [0.5, 0.6) is 5.75 Å². The molecule has 2 aromatic rings. The molecule has 0 fully saturated rings. The second-order valence-electron chi connectivity index (χ2n) is 5.97. The third kappa shape index (κ3) is 3.99. The van der Waals surface area contributed by atoms with Crippen LogP contribution in [0.4, 0.5) is 0 Å². The third-order valence-electron chi connectivity index (χ3n) is 4.32. The normalized spacial score (nSPS) is 16.1. The second-order valence-corrected chi connectivity index (χ2v) is 6.38. The maximum absolute atomic E-state index is 12.6. The number of nitrogens with one attached hydrogen (secondary N) is 1. The number of imidazole rings is 1. The van der Waals surface area contributed by atoms with Crippen LogP contribution in [0, 0.1) is 0 Å². The van der Waals surface area contributed by atoms with Crippen LogP contribution in [0.2, 0.25) is 5.02 Å². The predicted molar refractivity (Wildman–Crippen MR) is 94.8 cm³/mol. The number of ether oxygens (including phenoxy) is 2. The average molecular weight is 378 g/mol. The summed E-state index contributed by atoms with van der Waals surface area (Å²) >= 11 is 6.03. The molecule has 0 spiro atoms. The Balaban J connectivity index is 1.57. The van der Waals surface area contributed by atoms with Gasteiger partial charge in [0.25, 0.3) is 0 Å². The van der Waals surface area contributed by atoms with Gasteiger partial charge in [-0.3, -0.25) is 4.79 Å². The number of nitrogens with zero attached hydrogens (tertiary/aromatic N) is 2. The van der Waals surface area contributed by atoms with E-state index in [9.17, 15) is 9.59 Å². The highest BCUT2D eigenvalue weighted by atomic mass is 35.5. The molecule has 7 nitrogen and oxygen atoms in total. The molecule has 3 rings (SSSR count). The number of benzene rings is 1. The number of methoxy groups -OCH3 is 1. The summed E-state index contributed by atoms with van der Waals surface area (Å²) < 4.78 is 10.5. The van der Waals surface area contributed by atoms with Crippen molar-refractivity contribution in [3.05, 3.63) is 47.0 Å². The maximum Gasteiger partial charge on any atom is 0.329 e. The minimum atomic E-state index is -0.646. The van der Waals surface area contributed by atoms with E-state index in [2.05, 4.69) is 9.97 Å². The van der Waals surface area contributed by atoms with Crippen LogP contribution in [-0.2, 0) is 27.3 Å². The van der Waals surface area contributed by atoms with Gasteiger partial charge < -0.3 is 19.4 Å². The van der Waals surface area contributed by atoms with Crippen molar-refractivity contribution in [2.24, 2.45) is 0 Å². The lowest BCUT2D eigenvalue weighted by Crippen LogP contribution is -2.49. The highest BCUT2D eigenvalue weighted by Gasteiger charge is 2.36. The number of amides is 1. The molecule has 0 aliphatic carbocycles. The molecule has 1 aliphatic heterocycles. The number of hydrogen-bond donors (Lipinski definition) is 1. The van der Waals surface area contributed by atoms with Crippen molar-refractivity contribution in [2.75, 3.05) is 13.7 Å². The van der Waals surface area contributed by atoms with Crippen molar-refractivity contribution in [1.82, 2.24) is 14.9 Å². The number of fused-ring (bicyclic) bond motifs is 1. The zero-order chi connectivity index (χ0) is 18.5. The van der Waals surface area contributed by atoms with Crippen LogP contribution in [0.1, 0.15) is 24.2 Å². The van der Waals surface area contributed by atoms with Crippen LogP contribution in [-0.4, -0.2) is 46.5 Å². The number of aromatic nitrogens is 2. The number of carbonyl (C=O) groups is 2. The molecule has 1 aromatic heterocycles. The molecule has 1 unspecified atom stereocenters. The summed E-state index contributed by atoms with van der Waals surface area (Å²) in [5, 5.41) is 0.535. The Kier molecular flexibility index (Phi) is 5.78. The van der Waals surface area contributed by atoms with Gasteiger partial charge in [-0.2, -0.15) is 0 Å². The quantitative estimate of drug-likeness (QED) is 0.617. The first-order valence-corrected chi connectivity index (χ1v) is 8.73. The van der Waals surface area contributed by atoms with Crippen LogP contribution < -0.4 is 4.74 Å². The number of hydrogen-bond acceptors (Lipinski definition) is 5. The van der Waals surface area contributed by atoms with Gasteiger partial charge in [0.1, 0.15) is 11.8 Å². The van der Waals surface area contributed by atoms with Crippen LogP contribution in [0.15, 0.2) is 30.6 Å². The van der Waals surface area contributed by atoms with Gasteiger partial charge in [-0.15, -0.1) is 0 Å². The Labute approximate surface area is 156 Å². The number of aromatic amines is 1. The molecule has 0 bridgehead atoms. The van der Waals surface area contributed by atoms with E-state index >= 15 is 0 Å². The topological polar surface area (TPSA) is 84.5 Å². The molecule has 1 aliphatic rings. The Morgan fingerprint density at radius 3 is 2.96 bits per heavy atom. The lowest BCUT2D eigenvalue weighted by molar-refractivity contribution is -0.154. The summed E-state index contributed by atoms with van der Waals surface area (Å²) in [4.78, 5) is 33.5. The smallest absolute Gasteiger partial charge is 0.329 e. The SMILES string of the molecule is COC(=O)C1Cc2nc[nH]c2CN1C(=O)CCCOc1ccccc1Cl. The summed E-state index contributed by atoms with van der Waals surface area (Å²) in [6, 6.07) is 6.54. The summed E-state index contributed by atoms with van der Waals surface area (Å²) in [6.07, 6.45) is 2.71. The van der Waals surface area contributed by atoms with E-state index in [1.807, 2.05) is 12.1 Å². The van der Waals surface area contributed by atoms with Crippen molar-refractivity contribution in [1.29, 1.82) is 0 Å². The Bertz CT molecular complexity index is 792. The lowest BCUT2D eigenvalue weighted by Gasteiger charge is -2.33. The average Bonchev–Trinajstić information content (AvgIpc) is 3.12. The van der Waals surface area contributed by atoms with Gasteiger partial charge in [0.05, 0.1) is 43.0 Å². The molecule has 1 atom stereocenters. The van der Waals surface area contributed by atoms with Gasteiger partial charge in [-0.1, -0.05) is 23.7 Å². The fourth-order valence-electron chi connectivity index (χ4n) is 2.96. The predicted octanol–water partition coefficient (Wildman–Crippen LogP) is 2.35. The van der Waals surface area contributed by atoms with Gasteiger partial charge in [-0.05, 0) is 18.6 Å². The van der Waals surface area contributed by atoms with Gasteiger partial charge in [0.2, 0.25) is 5.91 Å². The Morgan fingerprint density at radius 2 is 2.19 bits per heavy atom. The highest BCUT2D eigenvalue weighted by molar-refractivity contribution is 6.32. The van der Waals surface area contributed by atoms with E-state index in [1.165, 1.54) is 7.11 Å². The van der Waals surface area contributed by atoms with E-state index in [0.29, 0.717) is 36.8 Å². The summed E-state index contributed by atoms with van der Waals surface area (Å²) in [5.41, 5.74) is 1.65. The Hall–Kier alpha value is -2.54. The van der Waals surface area contributed by atoms with Crippen molar-refractivity contribution in [2.45, 2.75) is 31.8 Å². The largest absolute Gasteiger partial charge is 0.492 e. The molecule has 0 saturated carbocycles. The summed E-state index contributed by atoms with van der Waals surface area (Å²) in [6.45, 7) is 0.681. The zero-order valence-electron chi connectivity index (χ0n) is 14.4. The van der Waals surface area contributed by atoms with E-state index in [0.717, 1.165) is 11.4 Å². The first-order valence-electron chi connectivity index (χ1n) is 8.36. The van der Waals surface area contributed by atoms with Gasteiger partial charge in [-0.25, -0.2) is 9.78 Å². The number of esters is 1. The molecule has 1 N–H and O–H groups in total. The fraction of sp³-hybridized carbons (Fsp3) is 0.389. The monoisotopic (exact) mass is 377 g/mol. The van der Waals surface area contributed by atoms with Crippen molar-refractivity contribution >= 4 is 23.5 Å². The van der Waals surface area contributed by atoms with E-state index in [-0.39, 0.29) is 12.3 Å². The number of carbonyl (C=O) groups excluding carboxylic acids is 2. The van der Waals surface area contributed by atoms with Gasteiger partial charge in [0.15, 0.2) is 0 Å². The minimum Gasteiger partial charge on any atom is -0.492 e. The first kappa shape index (κ1) is 18.3.